The first-order chi connectivity index (χ1) is 34.6. The molecule has 0 amide bonds. The highest BCUT2D eigenvalue weighted by Crippen LogP contribution is 2.42. The van der Waals surface area contributed by atoms with Crippen molar-refractivity contribution >= 4 is 68.9 Å². The van der Waals surface area contributed by atoms with Crippen molar-refractivity contribution in [3.8, 4) is 67.5 Å². The molecule has 3 heterocycles. The van der Waals surface area contributed by atoms with Crippen LogP contribution in [0.2, 0.25) is 0 Å². The van der Waals surface area contributed by atoms with Crippen LogP contribution in [0.5, 0.6) is 0 Å². The molecule has 0 aliphatic heterocycles. The van der Waals surface area contributed by atoms with Gasteiger partial charge in [-0.05, 0) is 72.8 Å². The van der Waals surface area contributed by atoms with E-state index >= 15 is 0 Å². The van der Waals surface area contributed by atoms with Gasteiger partial charge in [0.15, 0.2) is 0 Å². The Bertz CT molecular complexity index is 3240. The molecule has 7 aromatic carbocycles. The Morgan fingerprint density at radius 3 is 0.417 bits per heavy atom. The normalized spacial score (nSPS) is 11.2. The Morgan fingerprint density at radius 1 is 0.208 bits per heavy atom. The first-order valence-corrected chi connectivity index (χ1v) is 21.4. The second-order valence-electron chi connectivity index (χ2n) is 16.1. The minimum atomic E-state index is -1.18. The zero-order chi connectivity index (χ0) is 50.5. The summed E-state index contributed by atoms with van der Waals surface area (Å²) in [6.45, 7) is 0. The summed E-state index contributed by atoms with van der Waals surface area (Å²) in [5.74, 6) is -7.06. The van der Waals surface area contributed by atoms with Crippen LogP contribution in [-0.2, 0) is 0 Å². The van der Waals surface area contributed by atoms with Crippen molar-refractivity contribution in [1.29, 1.82) is 0 Å². The third kappa shape index (κ3) is 8.17. The van der Waals surface area contributed by atoms with Gasteiger partial charge in [-0.25, -0.2) is 58.7 Å². The minimum absolute atomic E-state index is 0.0164. The van der Waals surface area contributed by atoms with Crippen molar-refractivity contribution < 1.29 is 59.4 Å². The largest absolute Gasteiger partial charge is 0.478 e. The number of aromatic nitrogens is 6. The molecule has 0 saturated heterocycles. The molecular formula is C54H30N6O12. The van der Waals surface area contributed by atoms with E-state index in [1.54, 1.807) is 0 Å². The quantitative estimate of drug-likeness (QED) is 0.0621. The lowest BCUT2D eigenvalue weighted by molar-refractivity contribution is 0.0686. The summed E-state index contributed by atoms with van der Waals surface area (Å²) in [4.78, 5) is 103. The summed E-state index contributed by atoms with van der Waals surface area (Å²) < 4.78 is 0. The van der Waals surface area contributed by atoms with Crippen LogP contribution in [0, 0.1) is 0 Å². The van der Waals surface area contributed by atoms with Gasteiger partial charge in [-0.2, -0.15) is 0 Å². The molecule has 0 spiro atoms. The van der Waals surface area contributed by atoms with Crippen LogP contribution in [-0.4, -0.2) is 96.4 Å². The molecule has 0 atom stereocenters. The number of benzene rings is 7. The number of hydrogen-bond acceptors (Lipinski definition) is 12. The SMILES string of the molecule is O=C(O)c1ccc(-c2nc3c4nc(-c5ccc(C(=O)O)cc5)c(-c5ccc(C(=O)O)cc5)nc4c4nc(-c5ccc(C(=O)O)cc5)c(-c5ccc(C(=O)O)cc5)nc4c3nc2-c2ccc(C(=O)O)cc2)cc1. The Kier molecular flexibility index (Phi) is 11.2. The molecule has 0 aliphatic rings. The molecule has 348 valence electrons. The molecule has 6 N–H and O–H groups in total. The summed E-state index contributed by atoms with van der Waals surface area (Å²) in [7, 11) is 0. The summed E-state index contributed by atoms with van der Waals surface area (Å²) in [5, 5.41) is 58.6. The van der Waals surface area contributed by atoms with Gasteiger partial charge in [-0.3, -0.25) is 0 Å². The van der Waals surface area contributed by atoms with E-state index in [1.165, 1.54) is 146 Å². The molecule has 0 saturated carbocycles. The van der Waals surface area contributed by atoms with Crippen molar-refractivity contribution in [2.75, 3.05) is 0 Å². The van der Waals surface area contributed by atoms with E-state index in [1.807, 2.05) is 0 Å². The van der Waals surface area contributed by atoms with Gasteiger partial charge in [-0.1, -0.05) is 72.8 Å². The average molecular weight is 955 g/mol. The fourth-order valence-electron chi connectivity index (χ4n) is 8.13. The van der Waals surface area contributed by atoms with E-state index < -0.39 is 35.8 Å². The topological polar surface area (TPSA) is 301 Å². The summed E-state index contributed by atoms with van der Waals surface area (Å²) >= 11 is 0. The molecule has 10 rings (SSSR count). The smallest absolute Gasteiger partial charge is 0.335 e. The third-order valence-corrected chi connectivity index (χ3v) is 11.8. The van der Waals surface area contributed by atoms with Gasteiger partial charge >= 0.3 is 35.8 Å². The van der Waals surface area contributed by atoms with Gasteiger partial charge in [0.05, 0.1) is 67.5 Å². The fourth-order valence-corrected chi connectivity index (χ4v) is 8.13. The summed E-state index contributed by atoms with van der Waals surface area (Å²) in [6.07, 6.45) is 0. The molecule has 0 unspecified atom stereocenters. The van der Waals surface area contributed by atoms with Crippen LogP contribution < -0.4 is 0 Å². The Morgan fingerprint density at radius 2 is 0.319 bits per heavy atom. The zero-order valence-electron chi connectivity index (χ0n) is 36.7. The molecule has 0 bridgehead atoms. The minimum Gasteiger partial charge on any atom is -0.478 e. The number of carboxylic acid groups (broad SMARTS) is 6. The van der Waals surface area contributed by atoms with E-state index in [4.69, 9.17) is 29.9 Å². The van der Waals surface area contributed by atoms with E-state index in [9.17, 15) is 59.4 Å². The highest BCUT2D eigenvalue weighted by atomic mass is 16.4. The zero-order valence-corrected chi connectivity index (χ0v) is 36.7. The maximum atomic E-state index is 12.0. The van der Waals surface area contributed by atoms with Crippen LogP contribution >= 0.6 is 0 Å². The Balaban J connectivity index is 1.39. The van der Waals surface area contributed by atoms with Gasteiger partial charge in [0.25, 0.3) is 0 Å². The van der Waals surface area contributed by atoms with Gasteiger partial charge in [-0.15, -0.1) is 0 Å². The highest BCUT2D eigenvalue weighted by Gasteiger charge is 2.27. The van der Waals surface area contributed by atoms with Gasteiger partial charge in [0, 0.05) is 33.4 Å². The van der Waals surface area contributed by atoms with Crippen molar-refractivity contribution in [2.24, 2.45) is 0 Å². The first kappa shape index (κ1) is 45.2. The van der Waals surface area contributed by atoms with Crippen LogP contribution in [0.15, 0.2) is 146 Å². The summed E-state index contributed by atoms with van der Waals surface area (Å²) in [6, 6.07) is 35.1. The average Bonchev–Trinajstić information content (AvgIpc) is 3.40. The lowest BCUT2D eigenvalue weighted by atomic mass is 9.99. The van der Waals surface area contributed by atoms with Crippen molar-refractivity contribution in [3.05, 3.63) is 179 Å². The number of aromatic carboxylic acids is 6. The number of carboxylic acids is 6. The number of carbonyl (C=O) groups is 6. The van der Waals surface area contributed by atoms with E-state index in [2.05, 4.69) is 0 Å². The molecular weight excluding hydrogens is 925 g/mol. The van der Waals surface area contributed by atoms with Gasteiger partial charge < -0.3 is 30.6 Å². The van der Waals surface area contributed by atoms with Gasteiger partial charge in [0.2, 0.25) is 0 Å². The molecule has 18 heteroatoms. The third-order valence-electron chi connectivity index (χ3n) is 11.8. The number of rotatable bonds is 12. The predicted octanol–water partition coefficient (Wildman–Crippen LogP) is 9.71. The number of fused-ring (bicyclic) bond motifs is 6. The molecule has 0 radical (unpaired) electrons. The molecule has 3 aromatic heterocycles. The molecule has 72 heavy (non-hydrogen) atoms. The molecule has 0 fully saturated rings. The first-order valence-electron chi connectivity index (χ1n) is 21.4. The lowest BCUT2D eigenvalue weighted by Crippen LogP contribution is -2.05. The van der Waals surface area contributed by atoms with Crippen LogP contribution in [0.3, 0.4) is 0 Å². The van der Waals surface area contributed by atoms with Crippen LogP contribution in [0.25, 0.3) is 101 Å². The Labute approximate surface area is 403 Å². The molecule has 10 aromatic rings. The van der Waals surface area contributed by atoms with E-state index in [0.717, 1.165) is 0 Å². The standard InChI is InChI=1S/C54H30N6O12/c61-49(62)31-13-1-25(2-14-31)37-38(26-3-15-32(16-4-26)50(63)64)56-44-43(55-37)45-47(59-40(28-7-19-34(20-8-28)52(67)68)39(57-45)27-5-17-33(18-6-27)51(65)66)48-46(44)58-41(29-9-21-35(22-10-29)53(69)70)42(60-48)30-11-23-36(24-12-30)54(71)72/h1-24H,(H,61,62)(H,63,64)(H,65,66)(H,67,68)(H,69,70)(H,71,72). The maximum absolute atomic E-state index is 12.0. The monoisotopic (exact) mass is 954 g/mol. The number of hydrogen-bond donors (Lipinski definition) is 6. The van der Waals surface area contributed by atoms with Crippen LogP contribution in [0.4, 0.5) is 0 Å². The van der Waals surface area contributed by atoms with Crippen molar-refractivity contribution in [3.63, 3.8) is 0 Å². The second kappa shape index (κ2) is 17.8. The number of nitrogens with zero attached hydrogens (tertiary/aromatic N) is 6. The van der Waals surface area contributed by atoms with E-state index in [0.29, 0.717) is 33.4 Å². The lowest BCUT2D eigenvalue weighted by Gasteiger charge is -2.17. The molecule has 0 aliphatic carbocycles. The van der Waals surface area contributed by atoms with Gasteiger partial charge in [0.1, 0.15) is 33.1 Å². The second-order valence-corrected chi connectivity index (χ2v) is 16.1. The summed E-state index contributed by atoms with van der Waals surface area (Å²) in [5.41, 5.74) is 4.16. The fraction of sp³-hybridized carbons (Fsp3) is 0. The maximum Gasteiger partial charge on any atom is 0.335 e. The van der Waals surface area contributed by atoms with E-state index in [-0.39, 0.29) is 101 Å². The molecule has 18 nitrogen and oxygen atoms in total. The highest BCUT2D eigenvalue weighted by molar-refractivity contribution is 6.20. The van der Waals surface area contributed by atoms with Crippen molar-refractivity contribution in [2.45, 2.75) is 0 Å². The Hall–Kier alpha value is -10.6. The van der Waals surface area contributed by atoms with Crippen LogP contribution in [0.1, 0.15) is 62.1 Å². The van der Waals surface area contributed by atoms with Crippen molar-refractivity contribution in [1.82, 2.24) is 29.9 Å². The predicted molar refractivity (Wildman–Crippen MR) is 260 cm³/mol.